The van der Waals surface area contributed by atoms with Crippen LogP contribution >= 0.6 is 0 Å². The van der Waals surface area contributed by atoms with Crippen molar-refractivity contribution in [1.29, 1.82) is 0 Å². The molecular formula is C22H30N2O4S. The van der Waals surface area contributed by atoms with Gasteiger partial charge in [-0.25, -0.2) is 8.42 Å². The van der Waals surface area contributed by atoms with E-state index in [-0.39, 0.29) is 24.9 Å². The molecular weight excluding hydrogens is 388 g/mol. The predicted molar refractivity (Wildman–Crippen MR) is 117 cm³/mol. The van der Waals surface area contributed by atoms with Crippen molar-refractivity contribution < 1.29 is 17.9 Å². The zero-order valence-electron chi connectivity index (χ0n) is 17.7. The number of benzene rings is 2. The summed E-state index contributed by atoms with van der Waals surface area (Å²) in [6.45, 7) is 6.28. The van der Waals surface area contributed by atoms with E-state index in [4.69, 9.17) is 4.74 Å². The Bertz CT molecular complexity index is 940. The third kappa shape index (κ3) is 6.49. The first kappa shape index (κ1) is 22.7. The molecule has 0 aliphatic carbocycles. The van der Waals surface area contributed by atoms with E-state index >= 15 is 0 Å². The number of hydrogen-bond donors (Lipinski definition) is 1. The smallest absolute Gasteiger partial charge is 0.232 e. The second-order valence-electron chi connectivity index (χ2n) is 7.27. The molecule has 29 heavy (non-hydrogen) atoms. The van der Waals surface area contributed by atoms with Crippen LogP contribution in [0.25, 0.3) is 0 Å². The Labute approximate surface area is 173 Å². The summed E-state index contributed by atoms with van der Waals surface area (Å²) in [6, 6.07) is 12.9. The number of ether oxygens (including phenoxy) is 1. The molecule has 158 valence electrons. The van der Waals surface area contributed by atoms with Crippen LogP contribution in [0.4, 0.5) is 5.69 Å². The first-order chi connectivity index (χ1) is 13.6. The van der Waals surface area contributed by atoms with Crippen LogP contribution in [0, 0.1) is 13.8 Å². The van der Waals surface area contributed by atoms with Crippen LogP contribution in [0.3, 0.4) is 0 Å². The van der Waals surface area contributed by atoms with Crippen molar-refractivity contribution in [2.24, 2.45) is 0 Å². The van der Waals surface area contributed by atoms with Crippen molar-refractivity contribution in [3.8, 4) is 5.75 Å². The van der Waals surface area contributed by atoms with E-state index in [1.807, 2.05) is 26.0 Å². The number of nitrogens with zero attached hydrogens (tertiary/aromatic N) is 1. The van der Waals surface area contributed by atoms with Crippen LogP contribution in [0.15, 0.2) is 42.5 Å². The van der Waals surface area contributed by atoms with Crippen molar-refractivity contribution >= 4 is 21.6 Å². The van der Waals surface area contributed by atoms with Gasteiger partial charge in [0.2, 0.25) is 15.9 Å². The topological polar surface area (TPSA) is 75.7 Å². The lowest BCUT2D eigenvalue weighted by Gasteiger charge is -2.23. The Balaban J connectivity index is 1.94. The number of carbonyl (C=O) groups is 1. The molecule has 0 heterocycles. The van der Waals surface area contributed by atoms with Gasteiger partial charge >= 0.3 is 0 Å². The van der Waals surface area contributed by atoms with Crippen molar-refractivity contribution in [2.75, 3.05) is 24.2 Å². The van der Waals surface area contributed by atoms with E-state index < -0.39 is 10.0 Å². The normalized spacial score (nSPS) is 12.3. The minimum atomic E-state index is -3.45. The first-order valence-electron chi connectivity index (χ1n) is 9.60. The molecule has 1 atom stereocenters. The van der Waals surface area contributed by atoms with E-state index in [2.05, 4.69) is 18.3 Å². The number of carbonyl (C=O) groups excluding carboxylic acids is 1. The number of rotatable bonds is 9. The van der Waals surface area contributed by atoms with Crippen LogP contribution in [-0.2, 0) is 14.8 Å². The molecule has 0 aromatic heterocycles. The zero-order chi connectivity index (χ0) is 21.6. The molecule has 0 saturated carbocycles. The SMILES string of the molecule is COc1ccc(N(CCCC(=O)NC(C)c2ccc(C)c(C)c2)S(C)(=O)=O)cc1. The second kappa shape index (κ2) is 9.78. The van der Waals surface area contributed by atoms with Gasteiger partial charge in [0.05, 0.1) is 25.1 Å². The molecule has 1 unspecified atom stereocenters. The van der Waals surface area contributed by atoms with Crippen molar-refractivity contribution in [3.63, 3.8) is 0 Å². The van der Waals surface area contributed by atoms with Gasteiger partial charge in [-0.15, -0.1) is 0 Å². The van der Waals surface area contributed by atoms with Crippen LogP contribution < -0.4 is 14.4 Å². The van der Waals surface area contributed by atoms with Crippen LogP contribution in [-0.4, -0.2) is 34.2 Å². The summed E-state index contributed by atoms with van der Waals surface area (Å²) in [5.41, 5.74) is 4.01. The molecule has 1 N–H and O–H groups in total. The Morgan fingerprint density at radius 3 is 2.31 bits per heavy atom. The maximum atomic E-state index is 12.3. The number of methoxy groups -OCH3 is 1. The molecule has 1 amide bonds. The van der Waals surface area contributed by atoms with Crippen molar-refractivity contribution in [1.82, 2.24) is 5.32 Å². The van der Waals surface area contributed by atoms with Crippen LogP contribution in [0.1, 0.15) is 42.5 Å². The monoisotopic (exact) mass is 418 g/mol. The Kier molecular flexibility index (Phi) is 7.67. The van der Waals surface area contributed by atoms with Crippen LogP contribution in [0.5, 0.6) is 5.75 Å². The molecule has 0 aliphatic heterocycles. The van der Waals surface area contributed by atoms with Gasteiger partial charge in [-0.2, -0.15) is 0 Å². The van der Waals surface area contributed by atoms with Gasteiger partial charge in [0.15, 0.2) is 0 Å². The summed E-state index contributed by atoms with van der Waals surface area (Å²) in [6.07, 6.45) is 1.83. The summed E-state index contributed by atoms with van der Waals surface area (Å²) in [5, 5.41) is 2.99. The average molecular weight is 419 g/mol. The quantitative estimate of drug-likeness (QED) is 0.673. The molecule has 0 saturated heterocycles. The molecule has 2 aromatic carbocycles. The number of anilines is 1. The van der Waals surface area contributed by atoms with Gasteiger partial charge in [-0.3, -0.25) is 9.10 Å². The van der Waals surface area contributed by atoms with Crippen molar-refractivity contribution in [2.45, 2.75) is 39.7 Å². The van der Waals surface area contributed by atoms with E-state index in [0.717, 1.165) is 5.56 Å². The van der Waals surface area contributed by atoms with Crippen LogP contribution in [0.2, 0.25) is 0 Å². The summed E-state index contributed by atoms with van der Waals surface area (Å²) in [7, 11) is -1.89. The fraction of sp³-hybridized carbons (Fsp3) is 0.409. The Morgan fingerprint density at radius 2 is 1.76 bits per heavy atom. The Hall–Kier alpha value is -2.54. The minimum absolute atomic E-state index is 0.0982. The summed E-state index contributed by atoms with van der Waals surface area (Å²) >= 11 is 0. The van der Waals surface area contributed by atoms with E-state index in [0.29, 0.717) is 17.9 Å². The summed E-state index contributed by atoms with van der Waals surface area (Å²) in [4.78, 5) is 12.3. The Morgan fingerprint density at radius 1 is 1.10 bits per heavy atom. The fourth-order valence-corrected chi connectivity index (χ4v) is 4.01. The van der Waals surface area contributed by atoms with Gasteiger partial charge in [0.25, 0.3) is 0 Å². The molecule has 0 aliphatic rings. The lowest BCUT2D eigenvalue weighted by atomic mass is 10.0. The van der Waals surface area contributed by atoms with E-state index in [1.165, 1.54) is 21.7 Å². The first-order valence-corrected chi connectivity index (χ1v) is 11.4. The van der Waals surface area contributed by atoms with E-state index in [9.17, 15) is 13.2 Å². The number of nitrogens with one attached hydrogen (secondary N) is 1. The largest absolute Gasteiger partial charge is 0.497 e. The highest BCUT2D eigenvalue weighted by Gasteiger charge is 2.18. The third-order valence-electron chi connectivity index (χ3n) is 4.93. The van der Waals surface area contributed by atoms with E-state index in [1.54, 1.807) is 31.4 Å². The summed E-state index contributed by atoms with van der Waals surface area (Å²) < 4.78 is 30.8. The minimum Gasteiger partial charge on any atom is -0.497 e. The third-order valence-corrected chi connectivity index (χ3v) is 6.13. The molecule has 6 nitrogen and oxygen atoms in total. The van der Waals surface area contributed by atoms with Gasteiger partial charge in [0.1, 0.15) is 5.75 Å². The maximum absolute atomic E-state index is 12.3. The highest BCUT2D eigenvalue weighted by molar-refractivity contribution is 7.92. The molecule has 0 spiro atoms. The van der Waals surface area contributed by atoms with Gasteiger partial charge in [-0.1, -0.05) is 18.2 Å². The molecule has 0 radical (unpaired) electrons. The molecule has 2 rings (SSSR count). The lowest BCUT2D eigenvalue weighted by Crippen LogP contribution is -2.32. The van der Waals surface area contributed by atoms with Gasteiger partial charge < -0.3 is 10.1 Å². The van der Waals surface area contributed by atoms with Gasteiger partial charge in [-0.05, 0) is 68.1 Å². The van der Waals surface area contributed by atoms with Crippen molar-refractivity contribution in [3.05, 3.63) is 59.2 Å². The highest BCUT2D eigenvalue weighted by atomic mass is 32.2. The number of hydrogen-bond acceptors (Lipinski definition) is 4. The molecule has 0 fully saturated rings. The molecule has 2 aromatic rings. The number of aryl methyl sites for hydroxylation is 2. The average Bonchev–Trinajstić information content (AvgIpc) is 2.66. The predicted octanol–water partition coefficient (Wildman–Crippen LogP) is 3.74. The highest BCUT2D eigenvalue weighted by Crippen LogP contribution is 2.22. The zero-order valence-corrected chi connectivity index (χ0v) is 18.5. The molecule has 7 heteroatoms. The van der Waals surface area contributed by atoms with Gasteiger partial charge in [0, 0.05) is 13.0 Å². The lowest BCUT2D eigenvalue weighted by molar-refractivity contribution is -0.121. The second-order valence-corrected chi connectivity index (χ2v) is 9.18. The number of amides is 1. The maximum Gasteiger partial charge on any atom is 0.232 e. The number of sulfonamides is 1. The molecule has 0 bridgehead atoms. The fourth-order valence-electron chi connectivity index (χ4n) is 3.05. The summed E-state index contributed by atoms with van der Waals surface area (Å²) in [5.74, 6) is 0.556. The standard InChI is InChI=1S/C22H30N2O4S/c1-16-8-9-19(15-17(16)2)18(3)23-22(25)7-6-14-24(29(5,26)27)20-10-12-21(28-4)13-11-20/h8-13,15,18H,6-7,14H2,1-5H3,(H,23,25).